The number of hydrogen-bond donors (Lipinski definition) is 1. The van der Waals surface area contributed by atoms with Gasteiger partial charge in [-0.05, 0) is 26.3 Å². The van der Waals surface area contributed by atoms with Crippen LogP contribution >= 0.6 is 0 Å². The topological polar surface area (TPSA) is 43.4 Å². The van der Waals surface area contributed by atoms with Crippen LogP contribution in [0.1, 0.15) is 25.8 Å². The van der Waals surface area contributed by atoms with E-state index < -0.39 is 0 Å². The molecule has 0 spiro atoms. The number of pyridine rings is 1. The second kappa shape index (κ2) is 5.98. The van der Waals surface area contributed by atoms with Gasteiger partial charge in [-0.2, -0.15) is 0 Å². The lowest BCUT2D eigenvalue weighted by Gasteiger charge is -2.15. The second-order valence-corrected chi connectivity index (χ2v) is 4.58. The smallest absolute Gasteiger partial charge is 0.218 e. The van der Waals surface area contributed by atoms with E-state index in [0.29, 0.717) is 6.04 Å². The van der Waals surface area contributed by atoms with Crippen LogP contribution in [0.2, 0.25) is 0 Å². The van der Waals surface area contributed by atoms with Crippen molar-refractivity contribution in [2.24, 2.45) is 0 Å². The van der Waals surface area contributed by atoms with Crippen LogP contribution < -0.4 is 10.1 Å². The van der Waals surface area contributed by atoms with E-state index in [2.05, 4.69) is 10.3 Å². The third-order valence-corrected chi connectivity index (χ3v) is 2.71. The Hall–Kier alpha value is -1.13. The molecule has 1 saturated heterocycles. The van der Waals surface area contributed by atoms with Gasteiger partial charge in [0.1, 0.15) is 0 Å². The average molecular weight is 236 g/mol. The fourth-order valence-electron chi connectivity index (χ4n) is 1.84. The third-order valence-electron chi connectivity index (χ3n) is 2.71. The first kappa shape index (κ1) is 12.3. The summed E-state index contributed by atoms with van der Waals surface area (Å²) in [6.45, 7) is 6.47. The van der Waals surface area contributed by atoms with E-state index in [0.717, 1.165) is 37.6 Å². The van der Waals surface area contributed by atoms with Crippen LogP contribution in [-0.2, 0) is 11.3 Å². The maximum Gasteiger partial charge on any atom is 0.218 e. The molecule has 0 aromatic carbocycles. The van der Waals surface area contributed by atoms with E-state index in [1.54, 1.807) is 6.20 Å². The molecular weight excluding hydrogens is 216 g/mol. The summed E-state index contributed by atoms with van der Waals surface area (Å²) in [7, 11) is 0. The average Bonchev–Trinajstić information content (AvgIpc) is 2.80. The summed E-state index contributed by atoms with van der Waals surface area (Å²) < 4.78 is 11.0. The van der Waals surface area contributed by atoms with Crippen molar-refractivity contribution in [2.45, 2.75) is 39.0 Å². The quantitative estimate of drug-likeness (QED) is 0.846. The van der Waals surface area contributed by atoms with Crippen molar-refractivity contribution >= 4 is 0 Å². The van der Waals surface area contributed by atoms with E-state index in [-0.39, 0.29) is 6.10 Å². The lowest BCUT2D eigenvalue weighted by Crippen LogP contribution is -2.29. The molecular formula is C13H20N2O2. The first-order chi connectivity index (χ1) is 8.25. The van der Waals surface area contributed by atoms with Gasteiger partial charge in [0.25, 0.3) is 0 Å². The summed E-state index contributed by atoms with van der Waals surface area (Å²) >= 11 is 0. The Morgan fingerprint density at radius 3 is 3.18 bits per heavy atom. The molecule has 4 nitrogen and oxygen atoms in total. The van der Waals surface area contributed by atoms with Crippen LogP contribution in [0, 0.1) is 0 Å². The number of hydrogen-bond acceptors (Lipinski definition) is 4. The number of nitrogens with one attached hydrogen (secondary N) is 1. The SMILES string of the molecule is CC(C)Oc1ncccc1CNC1CCOC1. The van der Waals surface area contributed by atoms with Gasteiger partial charge in [-0.25, -0.2) is 4.98 Å². The monoisotopic (exact) mass is 236 g/mol. The normalized spacial score (nSPS) is 19.8. The molecule has 1 aromatic heterocycles. The highest BCUT2D eigenvalue weighted by Gasteiger charge is 2.15. The predicted octanol–water partition coefficient (Wildman–Crippen LogP) is 1.75. The minimum absolute atomic E-state index is 0.151. The van der Waals surface area contributed by atoms with Gasteiger partial charge >= 0.3 is 0 Å². The first-order valence-electron chi connectivity index (χ1n) is 6.17. The zero-order chi connectivity index (χ0) is 12.1. The molecule has 1 fully saturated rings. The molecule has 0 amide bonds. The zero-order valence-electron chi connectivity index (χ0n) is 10.5. The summed E-state index contributed by atoms with van der Waals surface area (Å²) in [4.78, 5) is 4.27. The van der Waals surface area contributed by atoms with E-state index >= 15 is 0 Å². The van der Waals surface area contributed by atoms with E-state index in [1.165, 1.54) is 0 Å². The van der Waals surface area contributed by atoms with Gasteiger partial charge in [-0.3, -0.25) is 0 Å². The molecule has 2 rings (SSSR count). The van der Waals surface area contributed by atoms with Gasteiger partial charge in [0.05, 0.1) is 12.7 Å². The highest BCUT2D eigenvalue weighted by molar-refractivity contribution is 5.25. The van der Waals surface area contributed by atoms with Crippen LogP contribution in [-0.4, -0.2) is 30.3 Å². The summed E-state index contributed by atoms with van der Waals surface area (Å²) in [5, 5.41) is 3.47. The summed E-state index contributed by atoms with van der Waals surface area (Å²) in [6.07, 6.45) is 3.00. The summed E-state index contributed by atoms with van der Waals surface area (Å²) in [5.41, 5.74) is 1.10. The molecule has 94 valence electrons. The molecule has 17 heavy (non-hydrogen) atoms. The molecule has 0 saturated carbocycles. The van der Waals surface area contributed by atoms with Gasteiger partial charge in [-0.15, -0.1) is 0 Å². The van der Waals surface area contributed by atoms with Gasteiger partial charge in [0, 0.05) is 31.0 Å². The lowest BCUT2D eigenvalue weighted by molar-refractivity contribution is 0.189. The van der Waals surface area contributed by atoms with Crippen LogP contribution in [0.25, 0.3) is 0 Å². The van der Waals surface area contributed by atoms with Gasteiger partial charge in [0.15, 0.2) is 0 Å². The second-order valence-electron chi connectivity index (χ2n) is 4.58. The Bertz CT molecular complexity index is 349. The molecule has 0 aliphatic carbocycles. The van der Waals surface area contributed by atoms with Crippen LogP contribution in [0.3, 0.4) is 0 Å². The fourth-order valence-corrected chi connectivity index (χ4v) is 1.84. The number of rotatable bonds is 5. The molecule has 0 radical (unpaired) electrons. The molecule has 2 heterocycles. The standard InChI is InChI=1S/C13H20N2O2/c1-10(2)17-13-11(4-3-6-14-13)8-15-12-5-7-16-9-12/h3-4,6,10,12,15H,5,7-9H2,1-2H3. The minimum Gasteiger partial charge on any atom is -0.475 e. The maximum atomic E-state index is 5.68. The molecule has 1 atom stereocenters. The Kier molecular flexibility index (Phi) is 4.34. The Morgan fingerprint density at radius 2 is 2.47 bits per heavy atom. The molecule has 1 aliphatic rings. The van der Waals surface area contributed by atoms with Crippen LogP contribution in [0.15, 0.2) is 18.3 Å². The molecule has 1 aromatic rings. The van der Waals surface area contributed by atoms with Gasteiger partial charge < -0.3 is 14.8 Å². The first-order valence-corrected chi connectivity index (χ1v) is 6.17. The highest BCUT2D eigenvalue weighted by atomic mass is 16.5. The maximum absolute atomic E-state index is 5.68. The van der Waals surface area contributed by atoms with E-state index in [1.807, 2.05) is 26.0 Å². The highest BCUT2D eigenvalue weighted by Crippen LogP contribution is 2.16. The van der Waals surface area contributed by atoms with Crippen molar-refractivity contribution in [2.75, 3.05) is 13.2 Å². The Balaban J connectivity index is 1.94. The molecule has 1 unspecified atom stereocenters. The fraction of sp³-hybridized carbons (Fsp3) is 0.615. The van der Waals surface area contributed by atoms with Crippen molar-refractivity contribution in [3.63, 3.8) is 0 Å². The third kappa shape index (κ3) is 3.68. The van der Waals surface area contributed by atoms with Crippen LogP contribution in [0.4, 0.5) is 0 Å². The minimum atomic E-state index is 0.151. The van der Waals surface area contributed by atoms with Crippen molar-refractivity contribution in [3.8, 4) is 5.88 Å². The Morgan fingerprint density at radius 1 is 1.59 bits per heavy atom. The van der Waals surface area contributed by atoms with Crippen molar-refractivity contribution in [1.82, 2.24) is 10.3 Å². The molecule has 1 aliphatic heterocycles. The molecule has 0 bridgehead atoms. The zero-order valence-corrected chi connectivity index (χ0v) is 10.5. The predicted molar refractivity (Wildman–Crippen MR) is 66.1 cm³/mol. The summed E-state index contributed by atoms with van der Waals surface area (Å²) in [5.74, 6) is 0.730. The lowest BCUT2D eigenvalue weighted by atomic mass is 10.2. The van der Waals surface area contributed by atoms with Gasteiger partial charge in [0.2, 0.25) is 5.88 Å². The number of aromatic nitrogens is 1. The largest absolute Gasteiger partial charge is 0.475 e. The molecule has 4 heteroatoms. The van der Waals surface area contributed by atoms with Crippen molar-refractivity contribution in [1.29, 1.82) is 0 Å². The van der Waals surface area contributed by atoms with Crippen LogP contribution in [0.5, 0.6) is 5.88 Å². The Labute approximate surface area is 102 Å². The van der Waals surface area contributed by atoms with Gasteiger partial charge in [-0.1, -0.05) is 6.07 Å². The van der Waals surface area contributed by atoms with Crippen molar-refractivity contribution < 1.29 is 9.47 Å². The number of ether oxygens (including phenoxy) is 2. The molecule has 1 N–H and O–H groups in total. The van der Waals surface area contributed by atoms with Crippen molar-refractivity contribution in [3.05, 3.63) is 23.9 Å². The summed E-state index contributed by atoms with van der Waals surface area (Å²) in [6, 6.07) is 4.45. The number of nitrogens with zero attached hydrogens (tertiary/aromatic N) is 1. The van der Waals surface area contributed by atoms with E-state index in [4.69, 9.17) is 9.47 Å². The van der Waals surface area contributed by atoms with E-state index in [9.17, 15) is 0 Å².